The third kappa shape index (κ3) is 4.77. The van der Waals surface area contributed by atoms with Crippen LogP contribution in [0.5, 0.6) is 0 Å². The molecule has 30 heavy (non-hydrogen) atoms. The smallest absolute Gasteiger partial charge is 0.238 e. The second-order valence-corrected chi connectivity index (χ2v) is 8.61. The van der Waals surface area contributed by atoms with Crippen LogP contribution in [0.2, 0.25) is 0 Å². The molecule has 3 N–H and O–H groups in total. The number of carbonyl (C=O) groups excluding carboxylic acids is 1. The van der Waals surface area contributed by atoms with Gasteiger partial charge in [0.05, 0.1) is 17.0 Å². The van der Waals surface area contributed by atoms with E-state index >= 15 is 0 Å². The molecule has 158 valence electrons. The molecule has 6 nitrogen and oxygen atoms in total. The number of hydrogen-bond donors (Lipinski definition) is 2. The zero-order valence-corrected chi connectivity index (χ0v) is 17.7. The number of nitrogens with one attached hydrogen (secondary N) is 1. The van der Waals surface area contributed by atoms with Crippen LogP contribution in [0.15, 0.2) is 59.5 Å². The first-order chi connectivity index (χ1) is 14.2. The van der Waals surface area contributed by atoms with Crippen LogP contribution in [0.1, 0.15) is 24.6 Å². The Labute approximate surface area is 175 Å². The summed E-state index contributed by atoms with van der Waals surface area (Å²) in [5.74, 6) is -0.422. The van der Waals surface area contributed by atoms with Crippen molar-refractivity contribution >= 4 is 15.9 Å². The van der Waals surface area contributed by atoms with Crippen molar-refractivity contribution in [3.63, 3.8) is 0 Å². The Morgan fingerprint density at radius 2 is 1.73 bits per heavy atom. The number of hydrogen-bond acceptors (Lipinski definition) is 3. The molecule has 1 amide bonds. The zero-order chi connectivity index (χ0) is 21.9. The van der Waals surface area contributed by atoms with Crippen LogP contribution in [-0.4, -0.2) is 25.4 Å². The fourth-order valence-electron chi connectivity index (χ4n) is 3.29. The van der Waals surface area contributed by atoms with Gasteiger partial charge in [-0.2, -0.15) is 0 Å². The molecule has 0 unspecified atom stereocenters. The van der Waals surface area contributed by atoms with Crippen molar-refractivity contribution in [1.29, 1.82) is 0 Å². The largest absolute Gasteiger partial charge is 0.356 e. The van der Waals surface area contributed by atoms with Gasteiger partial charge in [-0.25, -0.2) is 17.9 Å². The molecule has 3 aromatic rings. The van der Waals surface area contributed by atoms with Crippen molar-refractivity contribution in [1.82, 2.24) is 9.88 Å². The van der Waals surface area contributed by atoms with Gasteiger partial charge < -0.3 is 9.88 Å². The van der Waals surface area contributed by atoms with E-state index in [0.29, 0.717) is 6.54 Å². The molecule has 0 aliphatic heterocycles. The van der Waals surface area contributed by atoms with E-state index in [1.54, 1.807) is 24.3 Å². The van der Waals surface area contributed by atoms with Crippen molar-refractivity contribution < 1.29 is 17.6 Å². The van der Waals surface area contributed by atoms with E-state index in [1.807, 2.05) is 24.5 Å². The molecule has 1 heterocycles. The van der Waals surface area contributed by atoms with Gasteiger partial charge in [-0.05, 0) is 66.9 Å². The number of amides is 1. The minimum Gasteiger partial charge on any atom is -0.356 e. The predicted octanol–water partition coefficient (Wildman–Crippen LogP) is 3.31. The molecule has 0 bridgehead atoms. The second-order valence-electron chi connectivity index (χ2n) is 7.05. The number of aromatic nitrogens is 1. The highest BCUT2D eigenvalue weighted by Gasteiger charge is 2.18. The highest BCUT2D eigenvalue weighted by atomic mass is 32.2. The summed E-state index contributed by atoms with van der Waals surface area (Å²) in [6, 6.07) is 14.2. The van der Waals surface area contributed by atoms with E-state index in [-0.39, 0.29) is 23.0 Å². The molecular formula is C22H24FN3O3S. The highest BCUT2D eigenvalue weighted by molar-refractivity contribution is 7.89. The Bertz CT molecular complexity index is 1150. The van der Waals surface area contributed by atoms with Crippen molar-refractivity contribution in [2.45, 2.75) is 31.6 Å². The summed E-state index contributed by atoms with van der Waals surface area (Å²) in [5.41, 5.74) is 3.92. The number of benzene rings is 2. The van der Waals surface area contributed by atoms with Crippen molar-refractivity contribution in [2.24, 2.45) is 5.14 Å². The SMILES string of the molecule is CCCNC(=O)Cc1cc(-c2ccc(S(N)(=O)=O)cc2)n(-c2ccc(F)cc2)c1C. The molecule has 0 fully saturated rings. The lowest BCUT2D eigenvalue weighted by Crippen LogP contribution is -2.25. The summed E-state index contributed by atoms with van der Waals surface area (Å²) in [6.45, 7) is 4.49. The number of rotatable bonds is 7. The zero-order valence-electron chi connectivity index (χ0n) is 16.9. The monoisotopic (exact) mass is 429 g/mol. The molecule has 0 aliphatic carbocycles. The normalized spacial score (nSPS) is 11.5. The van der Waals surface area contributed by atoms with Crippen LogP contribution in [0.25, 0.3) is 16.9 Å². The van der Waals surface area contributed by atoms with Gasteiger partial charge in [0.15, 0.2) is 0 Å². The summed E-state index contributed by atoms with van der Waals surface area (Å²) in [7, 11) is -3.80. The first-order valence-corrected chi connectivity index (χ1v) is 11.1. The average Bonchev–Trinajstić information content (AvgIpc) is 3.02. The van der Waals surface area contributed by atoms with Crippen LogP contribution in [0.3, 0.4) is 0 Å². The van der Waals surface area contributed by atoms with Gasteiger partial charge in [0.25, 0.3) is 0 Å². The quantitative estimate of drug-likeness (QED) is 0.603. The first-order valence-electron chi connectivity index (χ1n) is 9.57. The third-order valence-electron chi connectivity index (χ3n) is 4.84. The van der Waals surface area contributed by atoms with Crippen LogP contribution >= 0.6 is 0 Å². The molecule has 0 saturated carbocycles. The molecule has 3 rings (SSSR count). The summed E-state index contributed by atoms with van der Waals surface area (Å²) in [5, 5.41) is 8.06. The minimum atomic E-state index is -3.80. The van der Waals surface area contributed by atoms with Gasteiger partial charge in [0.1, 0.15) is 5.82 Å². The van der Waals surface area contributed by atoms with Crippen molar-refractivity contribution in [2.75, 3.05) is 6.54 Å². The maximum atomic E-state index is 13.4. The Kier molecular flexibility index (Phi) is 6.38. The van der Waals surface area contributed by atoms with Crippen LogP contribution in [-0.2, 0) is 21.2 Å². The fourth-order valence-corrected chi connectivity index (χ4v) is 3.80. The minimum absolute atomic E-state index is 0.0158. The lowest BCUT2D eigenvalue weighted by molar-refractivity contribution is -0.120. The second kappa shape index (κ2) is 8.81. The predicted molar refractivity (Wildman–Crippen MR) is 114 cm³/mol. The van der Waals surface area contributed by atoms with Gasteiger partial charge in [-0.3, -0.25) is 4.79 Å². The van der Waals surface area contributed by atoms with E-state index in [9.17, 15) is 17.6 Å². The molecule has 1 aromatic heterocycles. The van der Waals surface area contributed by atoms with E-state index in [0.717, 1.165) is 34.6 Å². The number of sulfonamides is 1. The number of halogens is 1. The topological polar surface area (TPSA) is 94.2 Å². The Morgan fingerprint density at radius 1 is 1.10 bits per heavy atom. The summed E-state index contributed by atoms with van der Waals surface area (Å²) in [4.78, 5) is 12.3. The number of nitrogens with two attached hydrogens (primary N) is 1. The Hall–Kier alpha value is -2.97. The van der Waals surface area contributed by atoms with Gasteiger partial charge in [-0.1, -0.05) is 19.1 Å². The molecule has 0 saturated heterocycles. The molecular weight excluding hydrogens is 405 g/mol. The maximum Gasteiger partial charge on any atom is 0.238 e. The van der Waals surface area contributed by atoms with Crippen molar-refractivity contribution in [3.05, 3.63) is 71.7 Å². The van der Waals surface area contributed by atoms with Gasteiger partial charge in [-0.15, -0.1) is 0 Å². The highest BCUT2D eigenvalue weighted by Crippen LogP contribution is 2.30. The first kappa shape index (κ1) is 21.7. The number of primary sulfonamides is 1. The lowest BCUT2D eigenvalue weighted by atomic mass is 10.1. The number of nitrogens with zero attached hydrogens (tertiary/aromatic N) is 1. The Morgan fingerprint density at radius 3 is 2.30 bits per heavy atom. The van der Waals surface area contributed by atoms with E-state index in [2.05, 4.69) is 5.32 Å². The molecule has 2 aromatic carbocycles. The molecule has 0 spiro atoms. The van der Waals surface area contributed by atoms with Crippen molar-refractivity contribution in [3.8, 4) is 16.9 Å². The van der Waals surface area contributed by atoms with E-state index in [4.69, 9.17) is 5.14 Å². The summed E-state index contributed by atoms with van der Waals surface area (Å²) < 4.78 is 38.5. The van der Waals surface area contributed by atoms with Gasteiger partial charge in [0.2, 0.25) is 15.9 Å². The van der Waals surface area contributed by atoms with E-state index < -0.39 is 10.0 Å². The maximum absolute atomic E-state index is 13.4. The van der Waals surface area contributed by atoms with Crippen LogP contribution in [0, 0.1) is 12.7 Å². The summed E-state index contributed by atoms with van der Waals surface area (Å²) in [6.07, 6.45) is 1.06. The summed E-state index contributed by atoms with van der Waals surface area (Å²) >= 11 is 0. The third-order valence-corrected chi connectivity index (χ3v) is 5.77. The lowest BCUT2D eigenvalue weighted by Gasteiger charge is -2.13. The average molecular weight is 430 g/mol. The standard InChI is InChI=1S/C22H24FN3O3S/c1-3-12-25-22(27)14-17-13-21(16-4-10-20(11-5-16)30(24,28)29)26(15(17)2)19-8-6-18(23)7-9-19/h4-11,13H,3,12,14H2,1-2H3,(H,25,27)(H2,24,28,29). The van der Waals surface area contributed by atoms with Gasteiger partial charge in [0, 0.05) is 17.9 Å². The Balaban J connectivity index is 2.09. The molecule has 0 radical (unpaired) electrons. The van der Waals surface area contributed by atoms with Crippen LogP contribution in [0.4, 0.5) is 4.39 Å². The molecule has 0 atom stereocenters. The molecule has 0 aliphatic rings. The van der Waals surface area contributed by atoms with E-state index in [1.165, 1.54) is 24.3 Å². The van der Waals surface area contributed by atoms with Gasteiger partial charge >= 0.3 is 0 Å². The van der Waals surface area contributed by atoms with Crippen LogP contribution < -0.4 is 10.5 Å². The molecule has 8 heteroatoms. The fraction of sp³-hybridized carbons (Fsp3) is 0.227. The number of carbonyl (C=O) groups is 1.